The van der Waals surface area contributed by atoms with Crippen LogP contribution in [0.2, 0.25) is 0 Å². The summed E-state index contributed by atoms with van der Waals surface area (Å²) < 4.78 is 35.9. The van der Waals surface area contributed by atoms with Gasteiger partial charge < -0.3 is 5.11 Å². The van der Waals surface area contributed by atoms with Gasteiger partial charge in [0.1, 0.15) is 12.7 Å². The molecule has 0 saturated carbocycles. The van der Waals surface area contributed by atoms with E-state index in [0.717, 1.165) is 0 Å². The van der Waals surface area contributed by atoms with Crippen LogP contribution >= 0.6 is 0 Å². The fraction of sp³-hybridized carbons (Fsp3) is 0.333. The number of hydrogen-bond acceptors (Lipinski definition) is 4. The van der Waals surface area contributed by atoms with Crippen LogP contribution in [-0.2, 0) is 6.54 Å². The minimum absolute atomic E-state index is 0.168. The first-order chi connectivity index (χ1) is 7.20. The van der Waals surface area contributed by atoms with Crippen LogP contribution in [0.15, 0.2) is 6.20 Å². The fourth-order valence-corrected chi connectivity index (χ4v) is 0.961. The number of nitrogens with zero attached hydrogens (tertiary/aromatic N) is 3. The van der Waals surface area contributed by atoms with E-state index in [1.165, 1.54) is 0 Å². The quantitative estimate of drug-likeness (QED) is 0.627. The first kappa shape index (κ1) is 11.9. The van der Waals surface area contributed by atoms with Gasteiger partial charge in [-0.05, 0) is 0 Å². The summed E-state index contributed by atoms with van der Waals surface area (Å²) in [6.07, 6.45) is -4.20. The van der Waals surface area contributed by atoms with Crippen molar-refractivity contribution in [3.8, 4) is 0 Å². The lowest BCUT2D eigenvalue weighted by Crippen LogP contribution is -2.18. The van der Waals surface area contributed by atoms with Crippen molar-refractivity contribution in [2.24, 2.45) is 0 Å². The van der Waals surface area contributed by atoms with Crippen molar-refractivity contribution in [1.82, 2.24) is 9.78 Å². The molecule has 16 heavy (non-hydrogen) atoms. The highest BCUT2D eigenvalue weighted by Crippen LogP contribution is 2.21. The summed E-state index contributed by atoms with van der Waals surface area (Å²) in [7, 11) is 0. The van der Waals surface area contributed by atoms with Crippen molar-refractivity contribution in [3.05, 3.63) is 22.0 Å². The minimum Gasteiger partial charge on any atom is -0.476 e. The lowest BCUT2D eigenvalue weighted by atomic mass is 10.4. The molecule has 1 aromatic rings. The van der Waals surface area contributed by atoms with Gasteiger partial charge in [-0.2, -0.15) is 18.3 Å². The Morgan fingerprint density at radius 2 is 2.19 bits per heavy atom. The van der Waals surface area contributed by atoms with E-state index in [-0.39, 0.29) is 4.68 Å². The average Bonchev–Trinajstić information content (AvgIpc) is 2.44. The van der Waals surface area contributed by atoms with Crippen molar-refractivity contribution in [2.75, 3.05) is 0 Å². The third-order valence-corrected chi connectivity index (χ3v) is 1.48. The molecular formula is C6H4F3N3O4. The molecule has 10 heteroatoms. The second kappa shape index (κ2) is 3.79. The maximum absolute atomic E-state index is 11.9. The van der Waals surface area contributed by atoms with Crippen LogP contribution in [0.25, 0.3) is 0 Å². The largest absolute Gasteiger partial charge is 0.476 e. The molecule has 1 rings (SSSR count). The van der Waals surface area contributed by atoms with E-state index in [2.05, 4.69) is 5.10 Å². The first-order valence-corrected chi connectivity index (χ1v) is 3.72. The highest BCUT2D eigenvalue weighted by molar-refractivity contribution is 5.89. The Hall–Kier alpha value is -2.13. The Morgan fingerprint density at radius 1 is 1.62 bits per heavy atom. The number of nitro groups is 1. The van der Waals surface area contributed by atoms with E-state index >= 15 is 0 Å². The lowest BCUT2D eigenvalue weighted by molar-refractivity contribution is -0.385. The molecule has 0 amide bonds. The molecule has 1 N–H and O–H groups in total. The number of hydrogen-bond donors (Lipinski definition) is 1. The Balaban J connectivity index is 3.12. The molecule has 0 fully saturated rings. The van der Waals surface area contributed by atoms with Crippen molar-refractivity contribution >= 4 is 11.7 Å². The van der Waals surface area contributed by atoms with Crippen LogP contribution in [0.3, 0.4) is 0 Å². The first-order valence-electron chi connectivity index (χ1n) is 3.72. The lowest BCUT2D eigenvalue weighted by Gasteiger charge is -2.04. The Labute approximate surface area is 85.2 Å². The van der Waals surface area contributed by atoms with Gasteiger partial charge >= 0.3 is 17.8 Å². The average molecular weight is 239 g/mol. The summed E-state index contributed by atoms with van der Waals surface area (Å²) in [6.45, 7) is -1.58. The smallest absolute Gasteiger partial charge is 0.408 e. The topological polar surface area (TPSA) is 98.3 Å². The summed E-state index contributed by atoms with van der Waals surface area (Å²) in [5, 5.41) is 21.7. The second-order valence-electron chi connectivity index (χ2n) is 2.74. The highest BCUT2D eigenvalue weighted by Gasteiger charge is 2.32. The summed E-state index contributed by atoms with van der Waals surface area (Å²) in [5.41, 5.74) is -1.99. The van der Waals surface area contributed by atoms with Gasteiger partial charge in [-0.1, -0.05) is 0 Å². The normalized spacial score (nSPS) is 11.4. The summed E-state index contributed by atoms with van der Waals surface area (Å²) in [4.78, 5) is 19.6. The van der Waals surface area contributed by atoms with Gasteiger partial charge in [0.2, 0.25) is 5.69 Å². The van der Waals surface area contributed by atoms with Crippen LogP contribution < -0.4 is 0 Å². The third-order valence-electron chi connectivity index (χ3n) is 1.48. The number of carboxylic acid groups (broad SMARTS) is 1. The molecule has 0 unspecified atom stereocenters. The maximum atomic E-state index is 11.9. The minimum atomic E-state index is -4.63. The molecule has 0 bridgehead atoms. The number of rotatable bonds is 3. The zero-order chi connectivity index (χ0) is 12.5. The molecule has 1 aromatic heterocycles. The Kier molecular flexibility index (Phi) is 2.83. The number of carbonyl (C=O) groups is 1. The van der Waals surface area contributed by atoms with Gasteiger partial charge in [0, 0.05) is 0 Å². The molecule has 0 aliphatic heterocycles. The third kappa shape index (κ3) is 2.68. The molecule has 0 radical (unpaired) electrons. The highest BCUT2D eigenvalue weighted by atomic mass is 19.4. The van der Waals surface area contributed by atoms with E-state index in [1.807, 2.05) is 0 Å². The zero-order valence-electron chi connectivity index (χ0n) is 7.43. The maximum Gasteiger partial charge on any atom is 0.408 e. The van der Waals surface area contributed by atoms with Gasteiger partial charge in [-0.15, -0.1) is 0 Å². The van der Waals surface area contributed by atoms with Crippen molar-refractivity contribution in [1.29, 1.82) is 0 Å². The van der Waals surface area contributed by atoms with Gasteiger partial charge in [0.05, 0.1) is 4.92 Å². The molecule has 0 aromatic carbocycles. The van der Waals surface area contributed by atoms with Gasteiger partial charge in [-0.25, -0.2) is 4.79 Å². The molecule has 0 saturated heterocycles. The molecule has 0 spiro atoms. The summed E-state index contributed by atoms with van der Waals surface area (Å²) in [5.74, 6) is -1.76. The van der Waals surface area contributed by atoms with Crippen molar-refractivity contribution < 1.29 is 28.0 Å². The molecular weight excluding hydrogens is 235 g/mol. The Morgan fingerprint density at radius 3 is 2.50 bits per heavy atom. The fourth-order valence-electron chi connectivity index (χ4n) is 0.961. The number of aromatic carboxylic acids is 1. The number of carboxylic acids is 1. The van der Waals surface area contributed by atoms with E-state index in [1.54, 1.807) is 0 Å². The van der Waals surface area contributed by atoms with E-state index in [4.69, 9.17) is 5.11 Å². The van der Waals surface area contributed by atoms with E-state index in [9.17, 15) is 28.1 Å². The van der Waals surface area contributed by atoms with Crippen molar-refractivity contribution in [3.63, 3.8) is 0 Å². The summed E-state index contributed by atoms with van der Waals surface area (Å²) in [6, 6.07) is 0. The molecule has 88 valence electrons. The number of aromatic nitrogens is 2. The van der Waals surface area contributed by atoms with Crippen LogP contribution in [0.1, 0.15) is 10.5 Å². The second-order valence-corrected chi connectivity index (χ2v) is 2.74. The van der Waals surface area contributed by atoms with Crippen LogP contribution in [0, 0.1) is 10.1 Å². The van der Waals surface area contributed by atoms with Crippen molar-refractivity contribution in [2.45, 2.75) is 12.7 Å². The van der Waals surface area contributed by atoms with Gasteiger partial charge in [-0.3, -0.25) is 14.8 Å². The van der Waals surface area contributed by atoms with Crippen LogP contribution in [-0.4, -0.2) is 32.0 Å². The predicted octanol–water partition coefficient (Wildman–Crippen LogP) is 1.05. The van der Waals surface area contributed by atoms with Crippen LogP contribution in [0.5, 0.6) is 0 Å². The summed E-state index contributed by atoms with van der Waals surface area (Å²) >= 11 is 0. The van der Waals surface area contributed by atoms with Crippen LogP contribution in [0.4, 0.5) is 18.9 Å². The SMILES string of the molecule is O=C(O)c1nn(CC(F)(F)F)cc1[N+](=O)[O-]. The standard InChI is InChI=1S/C6H4F3N3O4/c7-6(8,9)2-11-1-3(12(15)16)4(10-11)5(13)14/h1H,2H2,(H,13,14). The molecule has 1 heterocycles. The molecule has 0 aliphatic rings. The Bertz CT molecular complexity index is 407. The molecule has 7 nitrogen and oxygen atoms in total. The molecule has 0 atom stereocenters. The zero-order valence-corrected chi connectivity index (χ0v) is 7.43. The number of alkyl halides is 3. The van der Waals surface area contributed by atoms with E-state index < -0.39 is 35.0 Å². The van der Waals surface area contributed by atoms with Gasteiger partial charge in [0.25, 0.3) is 0 Å². The monoisotopic (exact) mass is 239 g/mol. The van der Waals surface area contributed by atoms with E-state index in [0.29, 0.717) is 6.20 Å². The predicted molar refractivity (Wildman–Crippen MR) is 41.9 cm³/mol. The molecule has 0 aliphatic carbocycles. The number of halogens is 3. The van der Waals surface area contributed by atoms with Gasteiger partial charge in [0.15, 0.2) is 0 Å².